The van der Waals surface area contributed by atoms with Gasteiger partial charge < -0.3 is 20.9 Å². The number of anilines is 1. The van der Waals surface area contributed by atoms with Crippen molar-refractivity contribution in [2.45, 2.75) is 64.1 Å². The standard InChI is InChI=1S/C34H37ClN4O4/c1-22-23(2)28(13-12-27(22)35)37-33(43)34(16-18-36-19-17-34)38-32(42)29-20-25-10-6-7-11-26(25)21-39(29)31(41)15-14-30(40)24-8-4-3-5-9-24/h3-13,29,36H,14-21H2,1-2H3,(H,37,43)(H,38,42). The van der Waals surface area contributed by atoms with Crippen LogP contribution in [-0.2, 0) is 27.3 Å². The summed E-state index contributed by atoms with van der Waals surface area (Å²) >= 11 is 6.27. The van der Waals surface area contributed by atoms with E-state index in [1.54, 1.807) is 41.3 Å². The van der Waals surface area contributed by atoms with Crippen molar-refractivity contribution in [3.63, 3.8) is 0 Å². The zero-order valence-electron chi connectivity index (χ0n) is 24.5. The summed E-state index contributed by atoms with van der Waals surface area (Å²) in [5.41, 5.74) is 3.74. The van der Waals surface area contributed by atoms with Crippen molar-refractivity contribution in [2.75, 3.05) is 18.4 Å². The quantitative estimate of drug-likeness (QED) is 0.324. The SMILES string of the molecule is Cc1c(Cl)ccc(NC(=O)C2(NC(=O)C3Cc4ccccc4CN3C(=O)CCC(=O)c3ccccc3)CCNCC2)c1C. The summed E-state index contributed by atoms with van der Waals surface area (Å²) in [5, 5.41) is 10.0. The molecule has 0 aliphatic carbocycles. The maximum Gasteiger partial charge on any atom is 0.250 e. The largest absolute Gasteiger partial charge is 0.340 e. The summed E-state index contributed by atoms with van der Waals surface area (Å²) in [6.45, 7) is 5.18. The molecule has 3 aromatic rings. The maximum atomic E-state index is 14.1. The predicted molar refractivity (Wildman–Crippen MR) is 167 cm³/mol. The molecule has 0 radical (unpaired) electrons. The highest BCUT2D eigenvalue weighted by atomic mass is 35.5. The molecule has 2 aliphatic rings. The minimum Gasteiger partial charge on any atom is -0.340 e. The molecule has 1 atom stereocenters. The molecule has 0 aromatic heterocycles. The lowest BCUT2D eigenvalue weighted by Gasteiger charge is -2.41. The summed E-state index contributed by atoms with van der Waals surface area (Å²) in [6, 6.07) is 19.3. The molecule has 3 N–H and O–H groups in total. The Kier molecular flexibility index (Phi) is 9.28. The Bertz CT molecular complexity index is 1530. The Balaban J connectivity index is 1.37. The molecule has 1 unspecified atom stereocenters. The van der Waals surface area contributed by atoms with Crippen molar-refractivity contribution in [1.29, 1.82) is 0 Å². The maximum absolute atomic E-state index is 14.1. The third-order valence-electron chi connectivity index (χ3n) is 8.76. The van der Waals surface area contributed by atoms with Gasteiger partial charge in [0, 0.05) is 42.1 Å². The Morgan fingerprint density at radius 3 is 2.28 bits per heavy atom. The normalized spacial score (nSPS) is 17.5. The molecule has 8 nitrogen and oxygen atoms in total. The van der Waals surface area contributed by atoms with Gasteiger partial charge in [-0.05, 0) is 74.2 Å². The lowest BCUT2D eigenvalue weighted by atomic mass is 9.85. The number of benzene rings is 3. The van der Waals surface area contributed by atoms with E-state index >= 15 is 0 Å². The molecular weight excluding hydrogens is 564 g/mol. The highest BCUT2D eigenvalue weighted by Gasteiger charge is 2.44. The first-order valence-corrected chi connectivity index (χ1v) is 15.1. The Morgan fingerprint density at radius 2 is 1.56 bits per heavy atom. The van der Waals surface area contributed by atoms with Gasteiger partial charge in [-0.25, -0.2) is 0 Å². The molecule has 3 aromatic carbocycles. The molecule has 224 valence electrons. The van der Waals surface area contributed by atoms with Crippen molar-refractivity contribution in [2.24, 2.45) is 0 Å². The van der Waals surface area contributed by atoms with Crippen LogP contribution >= 0.6 is 11.6 Å². The van der Waals surface area contributed by atoms with Crippen molar-refractivity contribution < 1.29 is 19.2 Å². The summed E-state index contributed by atoms with van der Waals surface area (Å²) in [6.07, 6.45) is 1.17. The van der Waals surface area contributed by atoms with Crippen molar-refractivity contribution in [1.82, 2.24) is 15.5 Å². The van der Waals surface area contributed by atoms with Crippen LogP contribution in [0.2, 0.25) is 5.02 Å². The van der Waals surface area contributed by atoms with Crippen molar-refractivity contribution in [3.05, 3.63) is 99.6 Å². The number of hydrogen-bond donors (Lipinski definition) is 3. The van der Waals surface area contributed by atoms with Gasteiger partial charge in [-0.2, -0.15) is 0 Å². The number of amides is 3. The third-order valence-corrected chi connectivity index (χ3v) is 9.17. The fourth-order valence-corrected chi connectivity index (χ4v) is 6.10. The van der Waals surface area contributed by atoms with Crippen LogP contribution in [0.4, 0.5) is 5.69 Å². The summed E-state index contributed by atoms with van der Waals surface area (Å²) in [5.74, 6) is -1.06. The second-order valence-corrected chi connectivity index (χ2v) is 11.8. The van der Waals surface area contributed by atoms with Gasteiger partial charge in [0.05, 0.1) is 0 Å². The van der Waals surface area contributed by atoms with Gasteiger partial charge in [0.15, 0.2) is 5.78 Å². The van der Waals surface area contributed by atoms with Crippen LogP contribution in [0.25, 0.3) is 0 Å². The number of piperidine rings is 1. The average Bonchev–Trinajstić information content (AvgIpc) is 3.03. The van der Waals surface area contributed by atoms with E-state index in [0.717, 1.165) is 22.3 Å². The third kappa shape index (κ3) is 6.65. The Labute approximate surface area is 257 Å². The fraction of sp³-hybridized carbons (Fsp3) is 0.353. The zero-order valence-corrected chi connectivity index (χ0v) is 25.3. The van der Waals surface area contributed by atoms with E-state index in [1.807, 2.05) is 44.2 Å². The first-order chi connectivity index (χ1) is 20.7. The number of fused-ring (bicyclic) bond motifs is 1. The number of carbonyl (C=O) groups excluding carboxylic acids is 4. The van der Waals surface area contributed by atoms with Crippen LogP contribution < -0.4 is 16.0 Å². The average molecular weight is 601 g/mol. The van der Waals surface area contributed by atoms with Crippen LogP contribution in [0.3, 0.4) is 0 Å². The number of hydrogen-bond acceptors (Lipinski definition) is 5. The van der Waals surface area contributed by atoms with Gasteiger partial charge in [-0.3, -0.25) is 19.2 Å². The number of halogens is 1. The molecule has 0 spiro atoms. The minimum absolute atomic E-state index is 0.00951. The lowest BCUT2D eigenvalue weighted by molar-refractivity contribution is -0.143. The van der Waals surface area contributed by atoms with Gasteiger partial charge in [-0.15, -0.1) is 0 Å². The molecular formula is C34H37ClN4O4. The monoisotopic (exact) mass is 600 g/mol. The molecule has 2 heterocycles. The van der Waals surface area contributed by atoms with Gasteiger partial charge in [0.1, 0.15) is 11.6 Å². The topological polar surface area (TPSA) is 108 Å². The number of rotatable bonds is 8. The summed E-state index contributed by atoms with van der Waals surface area (Å²) < 4.78 is 0. The number of carbonyl (C=O) groups is 4. The Morgan fingerprint density at radius 1 is 0.884 bits per heavy atom. The zero-order chi connectivity index (χ0) is 30.6. The van der Waals surface area contributed by atoms with E-state index in [4.69, 9.17) is 11.6 Å². The van der Waals surface area contributed by atoms with Crippen LogP contribution in [0.5, 0.6) is 0 Å². The van der Waals surface area contributed by atoms with E-state index < -0.39 is 11.6 Å². The number of nitrogens with one attached hydrogen (secondary N) is 3. The first-order valence-electron chi connectivity index (χ1n) is 14.7. The molecule has 9 heteroatoms. The Hall–Kier alpha value is -4.01. The minimum atomic E-state index is -1.16. The molecule has 0 bridgehead atoms. The second-order valence-electron chi connectivity index (χ2n) is 11.4. The molecule has 0 saturated carbocycles. The predicted octanol–water partition coefficient (Wildman–Crippen LogP) is 4.75. The molecule has 2 aliphatic heterocycles. The van der Waals surface area contributed by atoms with Crippen LogP contribution in [0.1, 0.15) is 58.3 Å². The van der Waals surface area contributed by atoms with Crippen LogP contribution in [-0.4, -0.2) is 53.1 Å². The molecule has 43 heavy (non-hydrogen) atoms. The number of ketones is 1. The first kappa shape index (κ1) is 30.4. The highest BCUT2D eigenvalue weighted by molar-refractivity contribution is 6.31. The van der Waals surface area contributed by atoms with E-state index in [0.29, 0.717) is 48.6 Å². The van der Waals surface area contributed by atoms with Crippen LogP contribution in [0.15, 0.2) is 66.7 Å². The van der Waals surface area contributed by atoms with E-state index in [1.165, 1.54) is 0 Å². The van der Waals surface area contributed by atoms with E-state index in [-0.39, 0.29) is 42.9 Å². The summed E-state index contributed by atoms with van der Waals surface area (Å²) in [4.78, 5) is 55.9. The van der Waals surface area contributed by atoms with Crippen molar-refractivity contribution >= 4 is 40.8 Å². The second kappa shape index (κ2) is 13.1. The van der Waals surface area contributed by atoms with Gasteiger partial charge in [-0.1, -0.05) is 66.2 Å². The van der Waals surface area contributed by atoms with Gasteiger partial charge in [0.2, 0.25) is 17.7 Å². The smallest absolute Gasteiger partial charge is 0.250 e. The molecule has 1 fully saturated rings. The highest BCUT2D eigenvalue weighted by Crippen LogP contribution is 2.29. The summed E-state index contributed by atoms with van der Waals surface area (Å²) in [7, 11) is 0. The molecule has 3 amide bonds. The number of nitrogens with zero attached hydrogens (tertiary/aromatic N) is 1. The van der Waals surface area contributed by atoms with E-state index in [9.17, 15) is 19.2 Å². The molecule has 1 saturated heterocycles. The van der Waals surface area contributed by atoms with Gasteiger partial charge in [0.25, 0.3) is 0 Å². The van der Waals surface area contributed by atoms with E-state index in [2.05, 4.69) is 16.0 Å². The van der Waals surface area contributed by atoms with Crippen LogP contribution in [0, 0.1) is 13.8 Å². The lowest BCUT2D eigenvalue weighted by Crippen LogP contribution is -2.65. The molecule has 5 rings (SSSR count). The fourth-order valence-electron chi connectivity index (χ4n) is 5.90. The van der Waals surface area contributed by atoms with Gasteiger partial charge >= 0.3 is 0 Å². The van der Waals surface area contributed by atoms with Crippen molar-refractivity contribution in [3.8, 4) is 0 Å². The number of Topliss-reactive ketones (excluding diaryl/α,β-unsaturated/α-hetero) is 1.